The monoisotopic (exact) mass is 279 g/mol. The first-order chi connectivity index (χ1) is 8.85. The Morgan fingerprint density at radius 1 is 1.00 bits per heavy atom. The van der Waals surface area contributed by atoms with Crippen LogP contribution in [-0.4, -0.2) is 6.54 Å². The van der Waals surface area contributed by atoms with Crippen molar-refractivity contribution in [1.82, 2.24) is 5.32 Å². The van der Waals surface area contributed by atoms with Gasteiger partial charge in [0.05, 0.1) is 6.04 Å². The molecule has 0 aliphatic rings. The lowest BCUT2D eigenvalue weighted by Gasteiger charge is -2.20. The Kier molecular flexibility index (Phi) is 5.42. The van der Waals surface area contributed by atoms with Crippen molar-refractivity contribution in [2.45, 2.75) is 32.7 Å². The number of rotatable bonds is 7. The lowest BCUT2D eigenvalue weighted by atomic mass is 10.0. The quantitative estimate of drug-likeness (QED) is 0.758. The zero-order chi connectivity index (χ0) is 12.8. The van der Waals surface area contributed by atoms with E-state index < -0.39 is 0 Å². The van der Waals surface area contributed by atoms with Crippen molar-refractivity contribution in [1.29, 1.82) is 0 Å². The summed E-state index contributed by atoms with van der Waals surface area (Å²) in [5.41, 5.74) is 0. The molecule has 3 heteroatoms. The van der Waals surface area contributed by atoms with Crippen LogP contribution >= 0.6 is 22.7 Å². The van der Waals surface area contributed by atoms with Crippen molar-refractivity contribution in [2.75, 3.05) is 6.54 Å². The van der Waals surface area contributed by atoms with Crippen molar-refractivity contribution in [3.05, 3.63) is 44.8 Å². The molecule has 1 N–H and O–H groups in total. The van der Waals surface area contributed by atoms with E-state index in [1.807, 2.05) is 22.7 Å². The lowest BCUT2D eigenvalue weighted by molar-refractivity contribution is 0.434. The molecule has 2 aromatic heterocycles. The lowest BCUT2D eigenvalue weighted by Crippen LogP contribution is -2.26. The molecular formula is C15H21NS2. The maximum absolute atomic E-state index is 3.75. The highest BCUT2D eigenvalue weighted by atomic mass is 32.1. The Labute approximate surface area is 118 Å². The topological polar surface area (TPSA) is 12.0 Å². The fraction of sp³-hybridized carbons (Fsp3) is 0.467. The molecule has 1 nitrogen and oxygen atoms in total. The zero-order valence-electron chi connectivity index (χ0n) is 11.1. The van der Waals surface area contributed by atoms with Gasteiger partial charge in [-0.1, -0.05) is 38.8 Å². The van der Waals surface area contributed by atoms with E-state index in [1.165, 1.54) is 22.6 Å². The highest BCUT2D eigenvalue weighted by Crippen LogP contribution is 2.29. The second-order valence-electron chi connectivity index (χ2n) is 4.55. The van der Waals surface area contributed by atoms with Gasteiger partial charge in [0.1, 0.15) is 0 Å². The van der Waals surface area contributed by atoms with Crippen LogP contribution in [0.1, 0.15) is 42.5 Å². The van der Waals surface area contributed by atoms with Crippen LogP contribution in [0.3, 0.4) is 0 Å². The molecule has 18 heavy (non-hydrogen) atoms. The smallest absolute Gasteiger partial charge is 0.0764 e. The third kappa shape index (κ3) is 3.44. The second-order valence-corrected chi connectivity index (χ2v) is 6.51. The second kappa shape index (κ2) is 7.07. The molecule has 98 valence electrons. The summed E-state index contributed by atoms with van der Waals surface area (Å²) in [4.78, 5) is 2.84. The maximum Gasteiger partial charge on any atom is 0.0764 e. The Balaban J connectivity index is 2.07. The Morgan fingerprint density at radius 2 is 1.56 bits per heavy atom. The summed E-state index contributed by atoms with van der Waals surface area (Å²) in [7, 11) is 0. The van der Waals surface area contributed by atoms with Crippen molar-refractivity contribution in [2.24, 2.45) is 5.92 Å². The van der Waals surface area contributed by atoms with E-state index in [0.717, 1.165) is 12.5 Å². The van der Waals surface area contributed by atoms with E-state index in [4.69, 9.17) is 0 Å². The summed E-state index contributed by atoms with van der Waals surface area (Å²) in [6.45, 7) is 5.66. The summed E-state index contributed by atoms with van der Waals surface area (Å²) >= 11 is 3.68. The zero-order valence-corrected chi connectivity index (χ0v) is 12.7. The van der Waals surface area contributed by atoms with Gasteiger partial charge in [0.25, 0.3) is 0 Å². The molecule has 0 saturated carbocycles. The average Bonchev–Trinajstić information content (AvgIpc) is 3.07. The van der Waals surface area contributed by atoms with Gasteiger partial charge in [0, 0.05) is 9.75 Å². The van der Waals surface area contributed by atoms with E-state index >= 15 is 0 Å². The summed E-state index contributed by atoms with van der Waals surface area (Å²) in [5.74, 6) is 0.785. The summed E-state index contributed by atoms with van der Waals surface area (Å²) < 4.78 is 0. The van der Waals surface area contributed by atoms with E-state index in [1.54, 1.807) is 0 Å². The standard InChI is InChI=1S/C15H21NS2/c1-3-12(4-2)11-16-15(13-7-5-9-17-13)14-8-6-10-18-14/h5-10,12,15-16H,3-4,11H2,1-2H3. The van der Waals surface area contributed by atoms with Gasteiger partial charge in [-0.3, -0.25) is 0 Å². The maximum atomic E-state index is 3.75. The third-order valence-electron chi connectivity index (χ3n) is 3.42. The predicted molar refractivity (Wildman–Crippen MR) is 82.6 cm³/mol. The molecule has 0 amide bonds. The molecule has 0 bridgehead atoms. The molecule has 0 atom stereocenters. The fourth-order valence-corrected chi connectivity index (χ4v) is 3.82. The van der Waals surface area contributed by atoms with Crippen molar-refractivity contribution in [3.8, 4) is 0 Å². The molecule has 0 saturated heterocycles. The number of thiophene rings is 2. The molecule has 0 aromatic carbocycles. The fourth-order valence-electron chi connectivity index (χ4n) is 2.11. The minimum absolute atomic E-state index is 0.380. The van der Waals surface area contributed by atoms with Crippen LogP contribution in [0.5, 0.6) is 0 Å². The predicted octanol–water partition coefficient (Wildman–Crippen LogP) is 4.92. The molecule has 2 heterocycles. The van der Waals surface area contributed by atoms with Crippen LogP contribution in [0.25, 0.3) is 0 Å². The first-order valence-corrected chi connectivity index (χ1v) is 8.41. The molecule has 0 unspecified atom stereocenters. The van der Waals surface area contributed by atoms with Crippen LogP contribution in [0, 0.1) is 5.92 Å². The van der Waals surface area contributed by atoms with Gasteiger partial charge in [0.15, 0.2) is 0 Å². The molecule has 0 fully saturated rings. The first kappa shape index (κ1) is 13.8. The van der Waals surface area contributed by atoms with Gasteiger partial charge in [-0.2, -0.15) is 0 Å². The molecule has 2 aromatic rings. The Morgan fingerprint density at radius 3 is 1.94 bits per heavy atom. The van der Waals surface area contributed by atoms with Crippen LogP contribution < -0.4 is 5.32 Å². The summed E-state index contributed by atoms with van der Waals surface area (Å²) in [6.07, 6.45) is 2.51. The van der Waals surface area contributed by atoms with Crippen LogP contribution in [0.2, 0.25) is 0 Å². The van der Waals surface area contributed by atoms with Gasteiger partial charge in [-0.05, 0) is 35.4 Å². The van der Waals surface area contributed by atoms with Crippen LogP contribution in [0.15, 0.2) is 35.0 Å². The molecule has 0 aliphatic carbocycles. The van der Waals surface area contributed by atoms with E-state index in [0.29, 0.717) is 6.04 Å². The van der Waals surface area contributed by atoms with E-state index in [2.05, 4.69) is 54.2 Å². The first-order valence-electron chi connectivity index (χ1n) is 6.65. The third-order valence-corrected chi connectivity index (χ3v) is 5.30. The largest absolute Gasteiger partial charge is 0.305 e. The van der Waals surface area contributed by atoms with Gasteiger partial charge in [-0.25, -0.2) is 0 Å². The average molecular weight is 279 g/mol. The minimum atomic E-state index is 0.380. The number of hydrogen-bond donors (Lipinski definition) is 1. The van der Waals surface area contributed by atoms with Crippen molar-refractivity contribution < 1.29 is 0 Å². The Bertz CT molecular complexity index is 381. The van der Waals surface area contributed by atoms with Crippen LogP contribution in [-0.2, 0) is 0 Å². The SMILES string of the molecule is CCC(CC)CNC(c1cccs1)c1cccs1. The highest BCUT2D eigenvalue weighted by Gasteiger charge is 2.16. The summed E-state index contributed by atoms with van der Waals surface area (Å²) in [6, 6.07) is 9.12. The van der Waals surface area contributed by atoms with Crippen molar-refractivity contribution >= 4 is 22.7 Å². The van der Waals surface area contributed by atoms with Gasteiger partial charge in [0.2, 0.25) is 0 Å². The molecule has 2 rings (SSSR count). The molecule has 0 spiro atoms. The molecule has 0 aliphatic heterocycles. The number of hydrogen-bond acceptors (Lipinski definition) is 3. The van der Waals surface area contributed by atoms with E-state index in [9.17, 15) is 0 Å². The molecule has 0 radical (unpaired) electrons. The van der Waals surface area contributed by atoms with E-state index in [-0.39, 0.29) is 0 Å². The normalized spacial score (nSPS) is 11.6. The number of nitrogens with one attached hydrogen (secondary N) is 1. The minimum Gasteiger partial charge on any atom is -0.305 e. The summed E-state index contributed by atoms with van der Waals surface area (Å²) in [5, 5.41) is 8.07. The van der Waals surface area contributed by atoms with Gasteiger partial charge < -0.3 is 5.32 Å². The molecular weight excluding hydrogens is 258 g/mol. The Hall–Kier alpha value is -0.640. The highest BCUT2D eigenvalue weighted by molar-refractivity contribution is 7.11. The van der Waals surface area contributed by atoms with Gasteiger partial charge >= 0.3 is 0 Å². The van der Waals surface area contributed by atoms with Gasteiger partial charge in [-0.15, -0.1) is 22.7 Å². The van der Waals surface area contributed by atoms with Crippen molar-refractivity contribution in [3.63, 3.8) is 0 Å². The van der Waals surface area contributed by atoms with Crippen LogP contribution in [0.4, 0.5) is 0 Å².